The molecule has 1 aliphatic heterocycles. The van der Waals surface area contributed by atoms with E-state index < -0.39 is 0 Å². The van der Waals surface area contributed by atoms with Crippen LogP contribution >= 0.6 is 0 Å². The summed E-state index contributed by atoms with van der Waals surface area (Å²) in [5, 5.41) is 9.94. The molecule has 132 valence electrons. The van der Waals surface area contributed by atoms with E-state index in [-0.39, 0.29) is 17.9 Å². The van der Waals surface area contributed by atoms with Crippen molar-refractivity contribution in [2.24, 2.45) is 11.1 Å². The Morgan fingerprint density at radius 3 is 2.62 bits per heavy atom. The van der Waals surface area contributed by atoms with Gasteiger partial charge in [0.2, 0.25) is 0 Å². The number of piperidine rings is 1. The van der Waals surface area contributed by atoms with Crippen molar-refractivity contribution in [2.75, 3.05) is 26.2 Å². The van der Waals surface area contributed by atoms with Gasteiger partial charge in [-0.3, -0.25) is 4.79 Å². The highest BCUT2D eigenvalue weighted by Crippen LogP contribution is 2.34. The van der Waals surface area contributed by atoms with Crippen molar-refractivity contribution in [3.05, 3.63) is 47.0 Å². The minimum Gasteiger partial charge on any atom is -0.396 e. The fourth-order valence-electron chi connectivity index (χ4n) is 3.33. The number of benzene rings is 1. The molecule has 3 N–H and O–H groups in total. The van der Waals surface area contributed by atoms with Gasteiger partial charge in [-0.15, -0.1) is 0 Å². The minimum absolute atomic E-state index is 0.0593. The second-order valence-electron chi connectivity index (χ2n) is 7.21. The fourth-order valence-corrected chi connectivity index (χ4v) is 3.33. The Labute approximate surface area is 145 Å². The molecule has 0 saturated carbocycles. The molecule has 1 saturated heterocycles. The first-order valence-corrected chi connectivity index (χ1v) is 8.82. The number of nitrogens with two attached hydrogens (primary N) is 1. The molecule has 0 aromatic heterocycles. The monoisotopic (exact) mass is 330 g/mol. The van der Waals surface area contributed by atoms with Crippen molar-refractivity contribution < 1.29 is 9.90 Å². The molecule has 1 aliphatic rings. The van der Waals surface area contributed by atoms with Gasteiger partial charge in [0, 0.05) is 24.1 Å². The second kappa shape index (κ2) is 8.45. The predicted molar refractivity (Wildman–Crippen MR) is 97.9 cm³/mol. The van der Waals surface area contributed by atoms with Crippen LogP contribution in [0.1, 0.15) is 49.0 Å². The molecule has 0 radical (unpaired) electrons. The predicted octanol–water partition coefficient (Wildman–Crippen LogP) is 2.76. The highest BCUT2D eigenvalue weighted by Gasteiger charge is 2.36. The highest BCUT2D eigenvalue weighted by atomic mass is 16.3. The first-order chi connectivity index (χ1) is 11.5. The van der Waals surface area contributed by atoms with Crippen molar-refractivity contribution >= 4 is 5.91 Å². The Kier molecular flexibility index (Phi) is 6.58. The quantitative estimate of drug-likeness (QED) is 0.788. The summed E-state index contributed by atoms with van der Waals surface area (Å²) in [5.41, 5.74) is 8.48. The van der Waals surface area contributed by atoms with Crippen molar-refractivity contribution in [1.82, 2.24) is 4.90 Å². The van der Waals surface area contributed by atoms with Gasteiger partial charge in [-0.1, -0.05) is 23.8 Å². The van der Waals surface area contributed by atoms with E-state index in [0.29, 0.717) is 18.7 Å². The molecule has 2 rings (SSSR count). The molecule has 0 spiro atoms. The zero-order valence-electron chi connectivity index (χ0n) is 14.9. The maximum absolute atomic E-state index is 12.8. The second-order valence-corrected chi connectivity index (χ2v) is 7.21. The number of nitrogens with zero attached hydrogens (tertiary/aromatic N) is 1. The van der Waals surface area contributed by atoms with Crippen LogP contribution in [0.5, 0.6) is 0 Å². The zero-order valence-corrected chi connectivity index (χ0v) is 14.9. The first-order valence-electron chi connectivity index (χ1n) is 8.82. The Morgan fingerprint density at radius 2 is 2.04 bits per heavy atom. The van der Waals surface area contributed by atoms with E-state index in [1.165, 1.54) is 5.57 Å². The smallest absolute Gasteiger partial charge is 0.253 e. The Bertz CT molecular complexity index is 576. The van der Waals surface area contributed by atoms with Crippen molar-refractivity contribution in [3.63, 3.8) is 0 Å². The van der Waals surface area contributed by atoms with E-state index in [9.17, 15) is 9.90 Å². The van der Waals surface area contributed by atoms with Crippen molar-refractivity contribution in [1.29, 1.82) is 0 Å². The number of aliphatic hydroxyl groups excluding tert-OH is 1. The molecule has 1 fully saturated rings. The Morgan fingerprint density at radius 1 is 1.33 bits per heavy atom. The number of likely N-dealkylation sites (tertiary alicyclic amines) is 1. The topological polar surface area (TPSA) is 66.6 Å². The lowest BCUT2D eigenvalue weighted by molar-refractivity contribution is 0.0284. The van der Waals surface area contributed by atoms with Crippen LogP contribution in [0.25, 0.3) is 0 Å². The fraction of sp³-hybridized carbons (Fsp3) is 0.550. The normalized spacial score (nSPS) is 20.8. The van der Waals surface area contributed by atoms with E-state index in [1.807, 2.05) is 29.2 Å². The maximum atomic E-state index is 12.8. The van der Waals surface area contributed by atoms with Gasteiger partial charge in [-0.05, 0) is 63.8 Å². The largest absolute Gasteiger partial charge is 0.396 e. The van der Waals surface area contributed by atoms with Crippen LogP contribution in [0.2, 0.25) is 0 Å². The molecule has 1 atom stereocenters. The molecule has 1 amide bonds. The van der Waals surface area contributed by atoms with E-state index in [0.717, 1.165) is 37.8 Å². The number of amides is 1. The number of allylic oxidation sites excluding steroid dienone is 2. The molecule has 0 aliphatic carbocycles. The molecule has 1 aromatic carbocycles. The standard InChI is InChI=1S/C20H30N2O2/c1-16(2)8-11-20(15-23)10-3-13-22(14-20)19(24)18-6-4-17(5-7-18)9-12-21/h4-8,23H,3,9-15,21H2,1-2H3. The van der Waals surface area contributed by atoms with Crippen LogP contribution in [-0.2, 0) is 6.42 Å². The summed E-state index contributed by atoms with van der Waals surface area (Å²) >= 11 is 0. The summed E-state index contributed by atoms with van der Waals surface area (Å²) in [7, 11) is 0. The summed E-state index contributed by atoms with van der Waals surface area (Å²) in [5.74, 6) is 0.0593. The molecule has 4 nitrogen and oxygen atoms in total. The number of carbonyl (C=O) groups excluding carboxylic acids is 1. The van der Waals surface area contributed by atoms with E-state index in [2.05, 4.69) is 19.9 Å². The van der Waals surface area contributed by atoms with E-state index in [1.54, 1.807) is 0 Å². The van der Waals surface area contributed by atoms with Crippen molar-refractivity contribution in [3.8, 4) is 0 Å². The van der Waals surface area contributed by atoms with E-state index >= 15 is 0 Å². The summed E-state index contributed by atoms with van der Waals surface area (Å²) in [6.07, 6.45) is 5.73. The summed E-state index contributed by atoms with van der Waals surface area (Å²) in [6, 6.07) is 7.73. The van der Waals surface area contributed by atoms with Crippen LogP contribution in [0.4, 0.5) is 0 Å². The van der Waals surface area contributed by atoms with Gasteiger partial charge >= 0.3 is 0 Å². The van der Waals surface area contributed by atoms with Crippen LogP contribution in [0, 0.1) is 5.41 Å². The van der Waals surface area contributed by atoms with Gasteiger partial charge in [0.15, 0.2) is 0 Å². The van der Waals surface area contributed by atoms with E-state index in [4.69, 9.17) is 5.73 Å². The third kappa shape index (κ3) is 4.68. The van der Waals surface area contributed by atoms with Gasteiger partial charge in [-0.25, -0.2) is 0 Å². The SMILES string of the molecule is CC(C)=CCC1(CO)CCCN(C(=O)c2ccc(CCN)cc2)C1. The number of carbonyl (C=O) groups is 1. The average molecular weight is 330 g/mol. The van der Waals surface area contributed by atoms with Crippen LogP contribution in [-0.4, -0.2) is 42.2 Å². The third-order valence-electron chi connectivity index (χ3n) is 4.86. The number of hydrogen-bond acceptors (Lipinski definition) is 3. The number of rotatable bonds is 6. The molecule has 4 heteroatoms. The average Bonchev–Trinajstić information content (AvgIpc) is 2.60. The first kappa shape index (κ1) is 18.7. The van der Waals surface area contributed by atoms with Gasteiger partial charge < -0.3 is 15.7 Å². The lowest BCUT2D eigenvalue weighted by Gasteiger charge is -2.41. The molecule has 1 heterocycles. The van der Waals surface area contributed by atoms with Gasteiger partial charge in [-0.2, -0.15) is 0 Å². The summed E-state index contributed by atoms with van der Waals surface area (Å²) in [4.78, 5) is 14.7. The molecule has 24 heavy (non-hydrogen) atoms. The summed E-state index contributed by atoms with van der Waals surface area (Å²) in [6.45, 7) is 6.26. The Hall–Kier alpha value is -1.65. The van der Waals surface area contributed by atoms with Gasteiger partial charge in [0.25, 0.3) is 5.91 Å². The molecular formula is C20H30N2O2. The number of aliphatic hydroxyl groups is 1. The molecule has 1 unspecified atom stereocenters. The third-order valence-corrected chi connectivity index (χ3v) is 4.86. The molecule has 1 aromatic rings. The minimum atomic E-state index is -0.204. The summed E-state index contributed by atoms with van der Waals surface area (Å²) < 4.78 is 0. The van der Waals surface area contributed by atoms with Gasteiger partial charge in [0.05, 0.1) is 6.61 Å². The highest BCUT2D eigenvalue weighted by molar-refractivity contribution is 5.94. The van der Waals surface area contributed by atoms with Crippen molar-refractivity contribution in [2.45, 2.75) is 39.5 Å². The van der Waals surface area contributed by atoms with Crippen LogP contribution < -0.4 is 5.73 Å². The lowest BCUT2D eigenvalue weighted by Crippen LogP contribution is -2.47. The van der Waals surface area contributed by atoms with Crippen LogP contribution in [0.3, 0.4) is 0 Å². The number of hydrogen-bond donors (Lipinski definition) is 2. The molecular weight excluding hydrogens is 300 g/mol. The lowest BCUT2D eigenvalue weighted by atomic mass is 9.77. The van der Waals surface area contributed by atoms with Crippen LogP contribution in [0.15, 0.2) is 35.9 Å². The molecule has 0 bridgehead atoms. The Balaban J connectivity index is 2.09. The maximum Gasteiger partial charge on any atom is 0.253 e. The van der Waals surface area contributed by atoms with Gasteiger partial charge in [0.1, 0.15) is 0 Å². The zero-order chi connectivity index (χ0) is 17.6.